The summed E-state index contributed by atoms with van der Waals surface area (Å²) in [5.74, 6) is -1.48. The molecule has 126 valence electrons. The maximum absolute atomic E-state index is 12.4. The molecule has 0 unspecified atom stereocenters. The van der Waals surface area contributed by atoms with E-state index in [9.17, 15) is 14.7 Å². The first kappa shape index (κ1) is 17.7. The summed E-state index contributed by atoms with van der Waals surface area (Å²) in [6, 6.07) is 17.0. The molecule has 0 radical (unpaired) electrons. The molecule has 0 aliphatic heterocycles. The highest BCUT2D eigenvalue weighted by atomic mass is 16.6. The van der Waals surface area contributed by atoms with E-state index in [0.29, 0.717) is 11.1 Å². The maximum Gasteiger partial charge on any atom is 0.339 e. The van der Waals surface area contributed by atoms with Crippen LogP contribution in [-0.2, 0) is 19.9 Å². The van der Waals surface area contributed by atoms with Gasteiger partial charge in [0.05, 0.1) is 12.2 Å². The molecule has 24 heavy (non-hydrogen) atoms. The predicted octanol–water partition coefficient (Wildman–Crippen LogP) is 2.68. The Morgan fingerprint density at radius 1 is 1.04 bits per heavy atom. The number of hydrogen-bond acceptors (Lipinski definition) is 5. The largest absolute Gasteiger partial charge is 0.464 e. The van der Waals surface area contributed by atoms with E-state index in [-0.39, 0.29) is 6.61 Å². The monoisotopic (exact) mass is 328 g/mol. The Morgan fingerprint density at radius 2 is 1.58 bits per heavy atom. The van der Waals surface area contributed by atoms with E-state index in [4.69, 9.17) is 9.47 Å². The van der Waals surface area contributed by atoms with E-state index >= 15 is 0 Å². The zero-order valence-electron chi connectivity index (χ0n) is 13.6. The molecule has 0 heterocycles. The Bertz CT molecular complexity index is 683. The van der Waals surface area contributed by atoms with Gasteiger partial charge in [0.2, 0.25) is 0 Å². The zero-order chi connectivity index (χ0) is 17.6. The van der Waals surface area contributed by atoms with Crippen molar-refractivity contribution in [2.45, 2.75) is 25.6 Å². The van der Waals surface area contributed by atoms with Crippen molar-refractivity contribution in [3.8, 4) is 0 Å². The molecule has 0 amide bonds. The summed E-state index contributed by atoms with van der Waals surface area (Å²) >= 11 is 0. The summed E-state index contributed by atoms with van der Waals surface area (Å²) in [5.41, 5.74) is -0.744. The molecule has 2 atom stereocenters. The van der Waals surface area contributed by atoms with Gasteiger partial charge in [0.15, 0.2) is 11.7 Å². The highest BCUT2D eigenvalue weighted by molar-refractivity contribution is 5.90. The Hall–Kier alpha value is -2.66. The van der Waals surface area contributed by atoms with Crippen molar-refractivity contribution in [1.29, 1.82) is 0 Å². The SMILES string of the molecule is CCOC(=O)[C@@H](O)[C@](C)(OC(=O)c1ccccc1)c1ccccc1. The van der Waals surface area contributed by atoms with Crippen LogP contribution in [0.1, 0.15) is 29.8 Å². The van der Waals surface area contributed by atoms with Crippen molar-refractivity contribution in [1.82, 2.24) is 0 Å². The molecule has 2 aromatic rings. The number of esters is 2. The topological polar surface area (TPSA) is 72.8 Å². The minimum atomic E-state index is -1.65. The first-order chi connectivity index (χ1) is 11.5. The Labute approximate surface area is 140 Å². The molecule has 0 aromatic heterocycles. The molecule has 0 aliphatic carbocycles. The van der Waals surface area contributed by atoms with Crippen molar-refractivity contribution < 1.29 is 24.2 Å². The van der Waals surface area contributed by atoms with Gasteiger partial charge in [-0.25, -0.2) is 9.59 Å². The van der Waals surface area contributed by atoms with Gasteiger partial charge in [0, 0.05) is 0 Å². The van der Waals surface area contributed by atoms with Crippen LogP contribution in [0.5, 0.6) is 0 Å². The smallest absolute Gasteiger partial charge is 0.339 e. The molecule has 5 heteroatoms. The van der Waals surface area contributed by atoms with E-state index in [0.717, 1.165) is 0 Å². The number of carbonyl (C=O) groups is 2. The van der Waals surface area contributed by atoms with E-state index in [1.165, 1.54) is 6.92 Å². The van der Waals surface area contributed by atoms with Crippen molar-refractivity contribution in [3.05, 3.63) is 71.8 Å². The number of hydrogen-bond donors (Lipinski definition) is 1. The van der Waals surface area contributed by atoms with Crippen LogP contribution in [0.4, 0.5) is 0 Å². The summed E-state index contributed by atoms with van der Waals surface area (Å²) < 4.78 is 10.4. The highest BCUT2D eigenvalue weighted by Crippen LogP contribution is 2.31. The average molecular weight is 328 g/mol. The lowest BCUT2D eigenvalue weighted by molar-refractivity contribution is -0.169. The van der Waals surface area contributed by atoms with Crippen molar-refractivity contribution in [2.75, 3.05) is 6.61 Å². The van der Waals surface area contributed by atoms with Crippen LogP contribution in [0.25, 0.3) is 0 Å². The van der Waals surface area contributed by atoms with Gasteiger partial charge in [-0.2, -0.15) is 0 Å². The van der Waals surface area contributed by atoms with E-state index in [1.54, 1.807) is 67.6 Å². The maximum atomic E-state index is 12.4. The number of aliphatic hydroxyl groups excluding tert-OH is 1. The van der Waals surface area contributed by atoms with E-state index < -0.39 is 23.6 Å². The van der Waals surface area contributed by atoms with Gasteiger partial charge in [0.1, 0.15) is 0 Å². The van der Waals surface area contributed by atoms with Gasteiger partial charge >= 0.3 is 11.9 Å². The second-order valence-corrected chi connectivity index (χ2v) is 5.38. The summed E-state index contributed by atoms with van der Waals surface area (Å²) in [6.07, 6.45) is -1.65. The zero-order valence-corrected chi connectivity index (χ0v) is 13.6. The molecule has 2 rings (SSSR count). The van der Waals surface area contributed by atoms with Gasteiger partial charge in [-0.3, -0.25) is 0 Å². The van der Waals surface area contributed by atoms with Crippen LogP contribution in [0.2, 0.25) is 0 Å². The summed E-state index contributed by atoms with van der Waals surface area (Å²) in [7, 11) is 0. The minimum Gasteiger partial charge on any atom is -0.464 e. The third-order valence-electron chi connectivity index (χ3n) is 3.69. The number of rotatable bonds is 6. The fourth-order valence-corrected chi connectivity index (χ4v) is 2.31. The summed E-state index contributed by atoms with van der Waals surface area (Å²) in [6.45, 7) is 3.25. The first-order valence-corrected chi connectivity index (χ1v) is 7.67. The fourth-order valence-electron chi connectivity index (χ4n) is 2.31. The molecule has 0 spiro atoms. The lowest BCUT2D eigenvalue weighted by Crippen LogP contribution is -2.46. The Morgan fingerprint density at radius 3 is 2.12 bits per heavy atom. The van der Waals surface area contributed by atoms with Gasteiger partial charge in [-0.15, -0.1) is 0 Å². The molecular weight excluding hydrogens is 308 g/mol. The number of carbonyl (C=O) groups excluding carboxylic acids is 2. The van der Waals surface area contributed by atoms with Gasteiger partial charge in [-0.05, 0) is 31.5 Å². The van der Waals surface area contributed by atoms with Crippen LogP contribution in [0.15, 0.2) is 60.7 Å². The molecule has 0 saturated heterocycles. The molecule has 0 fully saturated rings. The summed E-state index contributed by atoms with van der Waals surface area (Å²) in [4.78, 5) is 24.5. The average Bonchev–Trinajstić information content (AvgIpc) is 2.62. The molecule has 0 aliphatic rings. The highest BCUT2D eigenvalue weighted by Gasteiger charge is 2.44. The van der Waals surface area contributed by atoms with Crippen LogP contribution < -0.4 is 0 Å². The van der Waals surface area contributed by atoms with Crippen LogP contribution in [0.3, 0.4) is 0 Å². The number of aliphatic hydroxyl groups is 1. The second kappa shape index (κ2) is 7.75. The lowest BCUT2D eigenvalue weighted by atomic mass is 9.89. The number of benzene rings is 2. The fraction of sp³-hybridized carbons (Fsp3) is 0.263. The third-order valence-corrected chi connectivity index (χ3v) is 3.69. The van der Waals surface area contributed by atoms with Crippen LogP contribution in [0, 0.1) is 0 Å². The quantitative estimate of drug-likeness (QED) is 0.825. The lowest BCUT2D eigenvalue weighted by Gasteiger charge is -2.33. The first-order valence-electron chi connectivity index (χ1n) is 7.67. The second-order valence-electron chi connectivity index (χ2n) is 5.38. The standard InChI is InChI=1S/C19H20O5/c1-3-23-18(22)16(20)19(2,15-12-8-5-9-13-15)24-17(21)14-10-6-4-7-11-14/h4-13,16,20H,3H2,1-2H3/t16-,19-/m1/s1. The van der Waals surface area contributed by atoms with Crippen LogP contribution >= 0.6 is 0 Å². The van der Waals surface area contributed by atoms with Crippen molar-refractivity contribution in [3.63, 3.8) is 0 Å². The molecule has 2 aromatic carbocycles. The van der Waals surface area contributed by atoms with E-state index in [2.05, 4.69) is 0 Å². The molecular formula is C19H20O5. The Balaban J connectivity index is 2.36. The molecule has 0 bridgehead atoms. The van der Waals surface area contributed by atoms with Gasteiger partial charge in [-0.1, -0.05) is 48.5 Å². The normalized spacial score (nSPS) is 14.3. The van der Waals surface area contributed by atoms with Gasteiger partial charge < -0.3 is 14.6 Å². The molecule has 0 saturated carbocycles. The number of ether oxygens (including phenoxy) is 2. The van der Waals surface area contributed by atoms with Crippen molar-refractivity contribution in [2.24, 2.45) is 0 Å². The van der Waals surface area contributed by atoms with Crippen LogP contribution in [-0.4, -0.2) is 29.8 Å². The predicted molar refractivity (Wildman–Crippen MR) is 88.3 cm³/mol. The minimum absolute atomic E-state index is 0.118. The molecule has 1 N–H and O–H groups in total. The third kappa shape index (κ3) is 3.81. The Kier molecular flexibility index (Phi) is 5.71. The summed E-state index contributed by atoms with van der Waals surface area (Å²) in [5, 5.41) is 10.5. The van der Waals surface area contributed by atoms with Crippen molar-refractivity contribution >= 4 is 11.9 Å². The van der Waals surface area contributed by atoms with E-state index in [1.807, 2.05) is 0 Å². The van der Waals surface area contributed by atoms with Gasteiger partial charge in [0.25, 0.3) is 0 Å². The molecule has 5 nitrogen and oxygen atoms in total.